The smallest absolute Gasteiger partial charge is 0.246 e. The van der Waals surface area contributed by atoms with Gasteiger partial charge in [0, 0.05) is 17.6 Å². The zero-order chi connectivity index (χ0) is 15.8. The molecule has 2 atom stereocenters. The van der Waals surface area contributed by atoms with Crippen LogP contribution in [0.5, 0.6) is 5.75 Å². The lowest BCUT2D eigenvalue weighted by molar-refractivity contribution is 0.222. The standard InChI is InChI=1S/C15H22BrNO3S/c1-10-5-11(2)9-17(8-10)21(18,19)15-7-13(16)12(3)6-14(15)20-4/h6-7,10-11H,5,8-9H2,1-4H3/t10-,11-/m1/s1. The van der Waals surface area contributed by atoms with E-state index in [1.807, 2.05) is 6.92 Å². The van der Waals surface area contributed by atoms with Gasteiger partial charge in [-0.15, -0.1) is 0 Å². The van der Waals surface area contributed by atoms with Crippen LogP contribution in [0.25, 0.3) is 0 Å². The first kappa shape index (κ1) is 16.8. The van der Waals surface area contributed by atoms with Gasteiger partial charge in [-0.3, -0.25) is 0 Å². The number of piperidine rings is 1. The van der Waals surface area contributed by atoms with Crippen molar-refractivity contribution in [2.45, 2.75) is 32.1 Å². The van der Waals surface area contributed by atoms with Crippen molar-refractivity contribution in [1.29, 1.82) is 0 Å². The number of rotatable bonds is 3. The highest BCUT2D eigenvalue weighted by Crippen LogP contribution is 2.34. The number of methoxy groups -OCH3 is 1. The van der Waals surface area contributed by atoms with Crippen LogP contribution in [-0.2, 0) is 10.0 Å². The lowest BCUT2D eigenvalue weighted by Crippen LogP contribution is -2.42. The third kappa shape index (κ3) is 3.43. The molecule has 0 amide bonds. The molecule has 4 nitrogen and oxygen atoms in total. The molecule has 0 unspecified atom stereocenters. The molecule has 2 rings (SSSR count). The molecule has 0 spiro atoms. The quantitative estimate of drug-likeness (QED) is 0.812. The average Bonchev–Trinajstić information content (AvgIpc) is 2.40. The van der Waals surface area contributed by atoms with Crippen molar-refractivity contribution in [1.82, 2.24) is 4.31 Å². The van der Waals surface area contributed by atoms with Crippen LogP contribution in [0, 0.1) is 18.8 Å². The molecular formula is C15H22BrNO3S. The van der Waals surface area contributed by atoms with E-state index in [0.717, 1.165) is 16.5 Å². The van der Waals surface area contributed by atoms with Crippen LogP contribution < -0.4 is 4.74 Å². The maximum atomic E-state index is 12.9. The van der Waals surface area contributed by atoms with E-state index < -0.39 is 10.0 Å². The van der Waals surface area contributed by atoms with E-state index in [2.05, 4.69) is 29.8 Å². The van der Waals surface area contributed by atoms with Crippen LogP contribution in [0.3, 0.4) is 0 Å². The molecule has 0 bridgehead atoms. The predicted octanol–water partition coefficient (Wildman–Crippen LogP) is 3.43. The molecule has 21 heavy (non-hydrogen) atoms. The summed E-state index contributed by atoms with van der Waals surface area (Å²) in [6.07, 6.45) is 1.07. The second kappa shape index (κ2) is 6.26. The fraction of sp³-hybridized carbons (Fsp3) is 0.600. The summed E-state index contributed by atoms with van der Waals surface area (Å²) >= 11 is 3.41. The topological polar surface area (TPSA) is 46.6 Å². The molecule has 1 saturated heterocycles. The van der Waals surface area contributed by atoms with Gasteiger partial charge in [0.15, 0.2) is 0 Å². The van der Waals surface area contributed by atoms with Gasteiger partial charge in [0.05, 0.1) is 7.11 Å². The minimum Gasteiger partial charge on any atom is -0.495 e. The number of nitrogens with zero attached hydrogens (tertiary/aromatic N) is 1. The Hall–Kier alpha value is -0.590. The van der Waals surface area contributed by atoms with E-state index in [4.69, 9.17) is 4.74 Å². The van der Waals surface area contributed by atoms with Gasteiger partial charge < -0.3 is 4.74 Å². The summed E-state index contributed by atoms with van der Waals surface area (Å²) < 4.78 is 33.5. The second-order valence-corrected chi connectivity index (χ2v) is 8.78. The Bertz CT molecular complexity index is 620. The number of hydrogen-bond acceptors (Lipinski definition) is 3. The molecule has 0 aromatic heterocycles. The summed E-state index contributed by atoms with van der Waals surface area (Å²) in [7, 11) is -2.03. The molecule has 0 saturated carbocycles. The van der Waals surface area contributed by atoms with E-state index in [0.29, 0.717) is 30.7 Å². The molecule has 6 heteroatoms. The monoisotopic (exact) mass is 375 g/mol. The number of sulfonamides is 1. The Morgan fingerprint density at radius 1 is 1.24 bits per heavy atom. The molecule has 1 fully saturated rings. The molecule has 1 aromatic carbocycles. The summed E-state index contributed by atoms with van der Waals surface area (Å²) in [5, 5.41) is 0. The lowest BCUT2D eigenvalue weighted by Gasteiger charge is -2.34. The Labute approximate surface area is 135 Å². The van der Waals surface area contributed by atoms with Crippen LogP contribution in [-0.4, -0.2) is 32.9 Å². The minimum atomic E-state index is -3.53. The molecular weight excluding hydrogens is 354 g/mol. The largest absolute Gasteiger partial charge is 0.495 e. The molecule has 0 N–H and O–H groups in total. The SMILES string of the molecule is COc1cc(C)c(Br)cc1S(=O)(=O)N1C[C@H](C)C[C@@H](C)C1. The highest BCUT2D eigenvalue weighted by atomic mass is 79.9. The highest BCUT2D eigenvalue weighted by Gasteiger charge is 2.33. The summed E-state index contributed by atoms with van der Waals surface area (Å²) in [6, 6.07) is 3.40. The van der Waals surface area contributed by atoms with E-state index >= 15 is 0 Å². The highest BCUT2D eigenvalue weighted by molar-refractivity contribution is 9.10. The van der Waals surface area contributed by atoms with Crippen LogP contribution >= 0.6 is 15.9 Å². The first-order chi connectivity index (χ1) is 9.75. The van der Waals surface area contributed by atoms with Crippen molar-refractivity contribution in [2.75, 3.05) is 20.2 Å². The lowest BCUT2D eigenvalue weighted by atomic mass is 9.94. The Balaban J connectivity index is 2.46. The van der Waals surface area contributed by atoms with Gasteiger partial charge in [-0.05, 0) is 42.9 Å². The maximum Gasteiger partial charge on any atom is 0.246 e. The van der Waals surface area contributed by atoms with Crippen LogP contribution in [0.1, 0.15) is 25.8 Å². The van der Waals surface area contributed by atoms with Crippen molar-refractivity contribution >= 4 is 26.0 Å². The number of halogens is 1. The Morgan fingerprint density at radius 3 is 2.33 bits per heavy atom. The van der Waals surface area contributed by atoms with E-state index in [9.17, 15) is 8.42 Å². The number of hydrogen-bond donors (Lipinski definition) is 0. The summed E-state index contributed by atoms with van der Waals surface area (Å²) in [4.78, 5) is 0.240. The summed E-state index contributed by atoms with van der Waals surface area (Å²) in [6.45, 7) is 7.25. The molecule has 0 radical (unpaired) electrons. The average molecular weight is 376 g/mol. The molecule has 1 aliphatic heterocycles. The van der Waals surface area contributed by atoms with Gasteiger partial charge >= 0.3 is 0 Å². The molecule has 0 aliphatic carbocycles. The third-order valence-corrected chi connectivity index (χ3v) is 6.61. The van der Waals surface area contributed by atoms with Crippen LogP contribution in [0.4, 0.5) is 0 Å². The fourth-order valence-electron chi connectivity index (χ4n) is 2.94. The second-order valence-electron chi connectivity index (χ2n) is 6.02. The van der Waals surface area contributed by atoms with Gasteiger partial charge in [0.1, 0.15) is 10.6 Å². The van der Waals surface area contributed by atoms with Gasteiger partial charge in [0.25, 0.3) is 0 Å². The first-order valence-electron chi connectivity index (χ1n) is 7.10. The van der Waals surface area contributed by atoms with Crippen LogP contribution in [0.15, 0.2) is 21.5 Å². The Kier molecular flexibility index (Phi) is 5.00. The van der Waals surface area contributed by atoms with E-state index in [-0.39, 0.29) is 4.90 Å². The maximum absolute atomic E-state index is 12.9. The normalized spacial score (nSPS) is 24.0. The molecule has 1 aromatic rings. The molecule has 118 valence electrons. The van der Waals surface area contributed by atoms with Crippen molar-refractivity contribution < 1.29 is 13.2 Å². The van der Waals surface area contributed by atoms with Gasteiger partial charge in [-0.2, -0.15) is 4.31 Å². The van der Waals surface area contributed by atoms with Crippen LogP contribution in [0.2, 0.25) is 0 Å². The molecule has 1 heterocycles. The van der Waals surface area contributed by atoms with Gasteiger partial charge in [0.2, 0.25) is 10.0 Å². The number of ether oxygens (including phenoxy) is 1. The van der Waals surface area contributed by atoms with Crippen molar-refractivity contribution in [3.8, 4) is 5.75 Å². The zero-order valence-corrected chi connectivity index (χ0v) is 15.3. The fourth-order valence-corrected chi connectivity index (χ4v) is 5.28. The zero-order valence-electron chi connectivity index (χ0n) is 12.9. The van der Waals surface area contributed by atoms with Crippen molar-refractivity contribution in [2.24, 2.45) is 11.8 Å². The van der Waals surface area contributed by atoms with Crippen molar-refractivity contribution in [3.63, 3.8) is 0 Å². The Morgan fingerprint density at radius 2 is 1.81 bits per heavy atom. The number of benzene rings is 1. The first-order valence-corrected chi connectivity index (χ1v) is 9.33. The number of aryl methyl sites for hydroxylation is 1. The van der Waals surface area contributed by atoms with Crippen molar-refractivity contribution in [3.05, 3.63) is 22.2 Å². The molecule has 1 aliphatic rings. The summed E-state index contributed by atoms with van der Waals surface area (Å²) in [5.74, 6) is 1.16. The van der Waals surface area contributed by atoms with Gasteiger partial charge in [-0.25, -0.2) is 8.42 Å². The minimum absolute atomic E-state index is 0.240. The predicted molar refractivity (Wildman–Crippen MR) is 87.1 cm³/mol. The van der Waals surface area contributed by atoms with Gasteiger partial charge in [-0.1, -0.05) is 29.8 Å². The van der Waals surface area contributed by atoms with E-state index in [1.165, 1.54) is 7.11 Å². The summed E-state index contributed by atoms with van der Waals surface area (Å²) in [5.41, 5.74) is 0.950. The third-order valence-electron chi connectivity index (χ3n) is 3.90. The van der Waals surface area contributed by atoms with E-state index in [1.54, 1.807) is 16.4 Å².